The number of hydrogen-bond acceptors (Lipinski definition) is 2. The van der Waals surface area contributed by atoms with E-state index in [-0.39, 0.29) is 8.66 Å². The van der Waals surface area contributed by atoms with Crippen LogP contribution >= 0.6 is 69.6 Å². The summed E-state index contributed by atoms with van der Waals surface area (Å²) in [4.78, 5) is 0.151. The number of hydrogen-bond donors (Lipinski definition) is 0. The molecule has 0 bridgehead atoms. The van der Waals surface area contributed by atoms with Gasteiger partial charge in [0, 0.05) is 0 Å². The Morgan fingerprint density at radius 2 is 0.889 bits per heavy atom. The van der Waals surface area contributed by atoms with Crippen molar-refractivity contribution in [2.75, 3.05) is 3.77 Å². The van der Waals surface area contributed by atoms with Crippen molar-refractivity contribution in [1.82, 2.24) is 0 Å². The second-order valence-electron chi connectivity index (χ2n) is 8.21. The quantitative estimate of drug-likeness (QED) is 0.159. The second-order valence-corrected chi connectivity index (χ2v) is 26.4. The Balaban J connectivity index is 1.96. The van der Waals surface area contributed by atoms with Crippen LogP contribution in [-0.4, -0.2) is 30.6 Å². The van der Waals surface area contributed by atoms with Gasteiger partial charge in [-0.15, -0.1) is 0 Å². The van der Waals surface area contributed by atoms with Crippen LogP contribution in [0.2, 0.25) is 15.1 Å². The van der Waals surface area contributed by atoms with Gasteiger partial charge >= 0.3 is 247 Å². The summed E-state index contributed by atoms with van der Waals surface area (Å²) in [5, 5.41) is 1.70. The first-order valence-electron chi connectivity index (χ1n) is 10.6. The van der Waals surface area contributed by atoms with Crippen LogP contribution in [0.1, 0.15) is 5.56 Å². The zero-order chi connectivity index (χ0) is 26.1. The zero-order valence-corrected chi connectivity index (χ0v) is 26.6. The molecule has 0 N–H and O–H groups in total. The minimum absolute atomic E-state index is 0.0836. The molecule has 4 aromatic rings. The normalized spacial score (nSPS) is 12.5. The third-order valence-electron chi connectivity index (χ3n) is 5.96. The molecule has 0 amide bonds. The molecule has 0 heterocycles. The van der Waals surface area contributed by atoms with E-state index < -0.39 is 32.0 Å². The van der Waals surface area contributed by atoms with E-state index >= 15 is 0 Å². The average Bonchev–Trinajstić information content (AvgIpc) is 2.84. The van der Waals surface area contributed by atoms with Crippen molar-refractivity contribution in [3.05, 3.63) is 118 Å². The number of rotatable bonds is 6. The van der Waals surface area contributed by atoms with Gasteiger partial charge in [-0.05, 0) is 0 Å². The monoisotopic (exact) mass is 724 g/mol. The molecule has 0 atom stereocenters. The second kappa shape index (κ2) is 11.2. The maximum atomic E-state index is 14.0. The van der Waals surface area contributed by atoms with Gasteiger partial charge < -0.3 is 0 Å². The fourth-order valence-corrected chi connectivity index (χ4v) is 26.5. The molecule has 4 rings (SSSR count). The van der Waals surface area contributed by atoms with Gasteiger partial charge in [0.2, 0.25) is 0 Å². The first-order chi connectivity index (χ1) is 16.9. The molecule has 0 unspecified atom stereocenters. The van der Waals surface area contributed by atoms with Gasteiger partial charge in [0.05, 0.1) is 0 Å². The van der Waals surface area contributed by atoms with Gasteiger partial charge in [0.15, 0.2) is 0 Å². The number of alkyl halides is 3. The molecule has 0 radical (unpaired) electrons. The maximum absolute atomic E-state index is 14.0. The van der Waals surface area contributed by atoms with Crippen LogP contribution in [-0.2, 0) is 13.6 Å². The van der Waals surface area contributed by atoms with Crippen molar-refractivity contribution in [2.45, 2.75) is 8.69 Å². The summed E-state index contributed by atoms with van der Waals surface area (Å²) in [5.41, 5.74) is 0.384. The first-order valence-corrected chi connectivity index (χ1v) is 20.8. The predicted octanol–water partition coefficient (Wildman–Crippen LogP) is 6.96. The van der Waals surface area contributed by atoms with Crippen molar-refractivity contribution in [3.63, 3.8) is 0 Å². The predicted molar refractivity (Wildman–Crippen MR) is 157 cm³/mol. The molecule has 4 aromatic carbocycles. The fraction of sp³-hybridized carbons (Fsp3) is 0.0769. The number of sulfone groups is 1. The van der Waals surface area contributed by atoms with Gasteiger partial charge in [-0.25, -0.2) is 0 Å². The van der Waals surface area contributed by atoms with Gasteiger partial charge in [0.25, 0.3) is 0 Å². The van der Waals surface area contributed by atoms with Crippen molar-refractivity contribution >= 4 is 109 Å². The van der Waals surface area contributed by atoms with E-state index in [0.717, 1.165) is 10.7 Å². The van der Waals surface area contributed by atoms with Crippen LogP contribution in [0.15, 0.2) is 102 Å². The molecule has 2 nitrogen and oxygen atoms in total. The summed E-state index contributed by atoms with van der Waals surface area (Å²) >= 11 is 32.3. The van der Waals surface area contributed by atoms with E-state index in [1.165, 1.54) is 24.3 Å². The summed E-state index contributed by atoms with van der Waals surface area (Å²) < 4.78 is 29.1. The Labute approximate surface area is 244 Å². The van der Waals surface area contributed by atoms with Gasteiger partial charge in [-0.2, -0.15) is 0 Å². The molecule has 10 heteroatoms. The molecule has 0 aliphatic rings. The van der Waals surface area contributed by atoms with E-state index in [1.807, 2.05) is 36.4 Å². The van der Waals surface area contributed by atoms with Gasteiger partial charge in [0.1, 0.15) is 0 Å². The van der Waals surface area contributed by atoms with E-state index in [1.54, 1.807) is 36.4 Å². The van der Waals surface area contributed by atoms with Crippen molar-refractivity contribution in [3.8, 4) is 0 Å². The van der Waals surface area contributed by atoms with Gasteiger partial charge in [-0.1, -0.05) is 0 Å². The Morgan fingerprint density at radius 1 is 0.556 bits per heavy atom. The summed E-state index contributed by atoms with van der Waals surface area (Å²) in [6, 6.07) is 28.2. The van der Waals surface area contributed by atoms with E-state index in [0.29, 0.717) is 20.6 Å². The molecular weight excluding hydrogens is 708 g/mol. The number of benzene rings is 4. The fourth-order valence-electron chi connectivity index (χ4n) is 4.17. The standard InChI is InChI=1S/C8H6Cl3O2S.3C6H4Cl.Sn/c1-14(12,13)7-4-2-6(3-5-7)8(9,10)11;3*7-6-4-2-1-3-5-6;/h2-5H,1H2;3*2-5H;. The summed E-state index contributed by atoms with van der Waals surface area (Å²) in [6.45, 7) is 0. The Morgan fingerprint density at radius 3 is 1.19 bits per heavy atom. The molecule has 0 aliphatic heterocycles. The topological polar surface area (TPSA) is 34.1 Å². The molecule has 0 saturated heterocycles. The third kappa shape index (κ3) is 6.15. The van der Waals surface area contributed by atoms with Crippen LogP contribution in [0.4, 0.5) is 0 Å². The molecule has 0 spiro atoms. The molecule has 36 heavy (non-hydrogen) atoms. The molecule has 0 saturated carbocycles. The Hall–Kier alpha value is -0.631. The van der Waals surface area contributed by atoms with Gasteiger partial charge in [-0.3, -0.25) is 0 Å². The van der Waals surface area contributed by atoms with Crippen LogP contribution < -0.4 is 10.7 Å². The summed E-state index contributed by atoms with van der Waals surface area (Å²) in [5.74, 6) is 0. The molecule has 0 aromatic heterocycles. The summed E-state index contributed by atoms with van der Waals surface area (Å²) in [7, 11) is -3.79. The SMILES string of the molecule is O=S(=O)([CH2][Sn]([c]1ccc(Cl)cc1)([c]1ccc(Cl)cc1)[c]1ccc(Cl)cc1)c1ccc(C(Cl)(Cl)Cl)cc1. The van der Waals surface area contributed by atoms with E-state index in [4.69, 9.17) is 69.6 Å². The van der Waals surface area contributed by atoms with E-state index in [9.17, 15) is 8.42 Å². The number of halogens is 6. The van der Waals surface area contributed by atoms with Crippen molar-refractivity contribution < 1.29 is 8.42 Å². The van der Waals surface area contributed by atoms with Crippen molar-refractivity contribution in [1.29, 1.82) is 0 Å². The zero-order valence-electron chi connectivity index (χ0n) is 18.4. The summed E-state index contributed by atoms with van der Waals surface area (Å²) in [6.07, 6.45) is 0. The average molecular weight is 726 g/mol. The molecular formula is C26H18Cl6O2SSn. The van der Waals surface area contributed by atoms with Crippen molar-refractivity contribution in [2.24, 2.45) is 0 Å². The molecule has 0 aliphatic carbocycles. The van der Waals surface area contributed by atoms with Crippen LogP contribution in [0.3, 0.4) is 0 Å². The van der Waals surface area contributed by atoms with Crippen LogP contribution in [0.25, 0.3) is 0 Å². The Bertz CT molecular complexity index is 1340. The first kappa shape index (κ1) is 28.4. The van der Waals surface area contributed by atoms with Crippen LogP contribution in [0, 0.1) is 0 Å². The molecule has 186 valence electrons. The van der Waals surface area contributed by atoms with Crippen LogP contribution in [0.5, 0.6) is 0 Å². The Kier molecular flexibility index (Phi) is 8.85. The molecule has 0 fully saturated rings. The minimum atomic E-state index is -4.27. The van der Waals surface area contributed by atoms with E-state index in [2.05, 4.69) is 0 Å². The third-order valence-corrected chi connectivity index (χ3v) is 27.4.